The number of primary amides is 2. The number of nitrogens with zero attached hydrogens (tertiary/aromatic N) is 1. The van der Waals surface area contributed by atoms with Gasteiger partial charge in [-0.25, -0.2) is 9.78 Å². The van der Waals surface area contributed by atoms with Crippen LogP contribution in [0.5, 0.6) is 0 Å². The molecule has 0 radical (unpaired) electrons. The summed E-state index contributed by atoms with van der Waals surface area (Å²) < 4.78 is 0. The summed E-state index contributed by atoms with van der Waals surface area (Å²) in [5, 5.41) is 31.7. The van der Waals surface area contributed by atoms with Gasteiger partial charge in [0.25, 0.3) is 0 Å². The Labute approximate surface area is 330 Å². The average molecular weight is 813 g/mol. The van der Waals surface area contributed by atoms with E-state index in [1.165, 1.54) is 12.5 Å². The van der Waals surface area contributed by atoms with E-state index in [1.54, 1.807) is 30.5 Å². The third-order valence-corrected chi connectivity index (χ3v) is 8.70. The minimum absolute atomic E-state index is 0.0336. The minimum Gasteiger partial charge on any atom is -0.481 e. The lowest BCUT2D eigenvalue weighted by molar-refractivity contribution is -0.144. The van der Waals surface area contributed by atoms with Gasteiger partial charge in [0.2, 0.25) is 41.4 Å². The number of aliphatic carboxylic acids is 2. The second-order valence-electron chi connectivity index (χ2n) is 13.3. The number of carbonyl (C=O) groups is 9. The fourth-order valence-corrected chi connectivity index (χ4v) is 5.77. The highest BCUT2D eigenvalue weighted by atomic mass is 16.4. The third kappa shape index (κ3) is 14.3. The number of amides is 7. The van der Waals surface area contributed by atoms with Crippen LogP contribution in [0.2, 0.25) is 0 Å². The predicted octanol–water partition coefficient (Wildman–Crippen LogP) is -4.13. The highest BCUT2D eigenvalue weighted by molar-refractivity contribution is 5.98. The van der Waals surface area contributed by atoms with Crippen LogP contribution < -0.4 is 49.5 Å². The first-order chi connectivity index (χ1) is 27.5. The summed E-state index contributed by atoms with van der Waals surface area (Å²) in [6, 6.07) is -2.41. The van der Waals surface area contributed by atoms with E-state index < -0.39 is 109 Å². The molecule has 0 unspecified atom stereocenters. The first-order valence-corrected chi connectivity index (χ1v) is 18.0. The first-order valence-electron chi connectivity index (χ1n) is 18.0. The predicted molar refractivity (Wildman–Crippen MR) is 202 cm³/mol. The number of hydrogen-bond donors (Lipinski definition) is 13. The number of aromatic nitrogens is 3. The second kappa shape index (κ2) is 22.0. The van der Waals surface area contributed by atoms with E-state index in [0.29, 0.717) is 29.3 Å². The van der Waals surface area contributed by atoms with Crippen molar-refractivity contribution in [2.75, 3.05) is 6.54 Å². The van der Waals surface area contributed by atoms with Gasteiger partial charge in [0.1, 0.15) is 30.2 Å². The fraction of sp³-hybridized carbons (Fsp3) is 0.429. The zero-order valence-corrected chi connectivity index (χ0v) is 31.2. The molecule has 0 aliphatic rings. The quantitative estimate of drug-likeness (QED) is 0.0362. The number of hydrogen-bond acceptors (Lipinski definition) is 12. The van der Waals surface area contributed by atoms with E-state index in [9.17, 15) is 53.4 Å². The summed E-state index contributed by atoms with van der Waals surface area (Å²) in [4.78, 5) is 124. The van der Waals surface area contributed by atoms with Crippen molar-refractivity contribution in [3.05, 3.63) is 54.2 Å². The number of unbranched alkanes of at least 4 members (excludes halogenated alkanes) is 1. The lowest BCUT2D eigenvalue weighted by Gasteiger charge is -2.27. The maximum Gasteiger partial charge on any atom is 0.326 e. The summed E-state index contributed by atoms with van der Waals surface area (Å²) in [7, 11) is 0. The Kier molecular flexibility index (Phi) is 17.3. The van der Waals surface area contributed by atoms with Gasteiger partial charge in [-0.3, -0.25) is 38.4 Å². The van der Waals surface area contributed by atoms with E-state index in [1.807, 2.05) is 0 Å². The molecular weight excluding hydrogens is 764 g/mol. The molecule has 3 rings (SSSR count). The minimum atomic E-state index is -1.78. The zero-order chi connectivity index (χ0) is 42.9. The number of nitrogens with two attached hydrogens (primary N) is 4. The molecule has 2 heterocycles. The van der Waals surface area contributed by atoms with Gasteiger partial charge in [-0.05, 0) is 37.4 Å². The van der Waals surface area contributed by atoms with Gasteiger partial charge in [0.05, 0.1) is 37.3 Å². The van der Waals surface area contributed by atoms with Crippen LogP contribution in [-0.2, 0) is 56.0 Å². The Morgan fingerprint density at radius 3 is 1.83 bits per heavy atom. The number of carboxylic acid groups (broad SMARTS) is 2. The number of nitrogens with one attached hydrogen (secondary N) is 7. The lowest BCUT2D eigenvalue weighted by Crippen LogP contribution is -2.60. The van der Waals surface area contributed by atoms with Crippen LogP contribution >= 0.6 is 0 Å². The van der Waals surface area contributed by atoms with Crippen molar-refractivity contribution in [2.45, 2.75) is 87.6 Å². The fourth-order valence-electron chi connectivity index (χ4n) is 5.77. The van der Waals surface area contributed by atoms with Gasteiger partial charge in [-0.2, -0.15) is 0 Å². The summed E-state index contributed by atoms with van der Waals surface area (Å²) in [5.74, 6) is -10.0. The normalized spacial score (nSPS) is 14.1. The van der Waals surface area contributed by atoms with Gasteiger partial charge >= 0.3 is 11.9 Å². The number of carboxylic acids is 2. The molecule has 58 heavy (non-hydrogen) atoms. The molecule has 0 aliphatic heterocycles. The molecular formula is C35H48N12O11. The number of fused-ring (bicyclic) bond motifs is 1. The molecule has 23 heteroatoms. The van der Waals surface area contributed by atoms with Crippen molar-refractivity contribution in [3.63, 3.8) is 0 Å². The lowest BCUT2D eigenvalue weighted by atomic mass is 10.0. The number of rotatable bonds is 25. The summed E-state index contributed by atoms with van der Waals surface area (Å²) in [6.07, 6.45) is 2.21. The Morgan fingerprint density at radius 1 is 0.672 bits per heavy atom. The van der Waals surface area contributed by atoms with Crippen molar-refractivity contribution in [1.82, 2.24) is 41.5 Å². The maximum absolute atomic E-state index is 14.2. The van der Waals surface area contributed by atoms with E-state index in [4.69, 9.17) is 22.9 Å². The van der Waals surface area contributed by atoms with Crippen LogP contribution in [-0.4, -0.2) is 121 Å². The monoisotopic (exact) mass is 812 g/mol. The van der Waals surface area contributed by atoms with Crippen LogP contribution in [0, 0.1) is 0 Å². The number of benzene rings is 1. The molecule has 0 bridgehead atoms. The van der Waals surface area contributed by atoms with Crippen LogP contribution in [0.3, 0.4) is 0 Å². The largest absolute Gasteiger partial charge is 0.481 e. The molecule has 0 saturated heterocycles. The maximum atomic E-state index is 14.2. The van der Waals surface area contributed by atoms with Gasteiger partial charge in [0.15, 0.2) is 0 Å². The molecule has 0 spiro atoms. The van der Waals surface area contributed by atoms with Crippen molar-refractivity contribution in [1.29, 1.82) is 0 Å². The van der Waals surface area contributed by atoms with Crippen LogP contribution in [0.1, 0.15) is 49.8 Å². The Morgan fingerprint density at radius 2 is 1.24 bits per heavy atom. The molecule has 314 valence electrons. The number of para-hydroxylation sites is 1. The molecule has 7 amide bonds. The standard InChI is InChI=1S/C35H48N12O11/c36-8-4-3-7-22(31(53)46-24(10-18-15-40-16-42-18)33(55)47-26(35(57)58)12-28(39)49)43-32(54)23(9-17-14-41-21-6-2-1-5-19(17)21)45-34(56)25(13-29(50)51)44-30(52)20(37)11-27(38)48/h1-2,5-6,14-16,20,22-26,41H,3-4,7-13,36-37H2,(H2,38,48)(H2,39,49)(H,40,42)(H,43,54)(H,44,52)(H,45,56)(H,46,53)(H,47,55)(H,50,51)(H,57,58)/t20-,22-,23-,24-,25-,26-/m0/s1. The van der Waals surface area contributed by atoms with Crippen LogP contribution in [0.25, 0.3) is 10.9 Å². The van der Waals surface area contributed by atoms with E-state index >= 15 is 0 Å². The highest BCUT2D eigenvalue weighted by Crippen LogP contribution is 2.20. The Hall–Kier alpha value is -6.88. The molecule has 17 N–H and O–H groups in total. The van der Waals surface area contributed by atoms with Crippen molar-refractivity contribution in [3.8, 4) is 0 Å². The first kappa shape index (κ1) is 45.5. The van der Waals surface area contributed by atoms with Gasteiger partial charge in [-0.1, -0.05) is 18.2 Å². The number of H-pyrrole nitrogens is 2. The topological polar surface area (TPSA) is 403 Å². The molecule has 1 aromatic carbocycles. The molecule has 23 nitrogen and oxygen atoms in total. The number of aromatic amines is 2. The van der Waals surface area contributed by atoms with Crippen molar-refractivity contribution in [2.24, 2.45) is 22.9 Å². The Bertz CT molecular complexity index is 1950. The number of carbonyl (C=O) groups excluding carboxylic acids is 7. The van der Waals surface area contributed by atoms with Gasteiger partial charge in [-0.15, -0.1) is 0 Å². The van der Waals surface area contributed by atoms with Crippen molar-refractivity contribution >= 4 is 64.2 Å². The molecule has 3 aromatic rings. The average Bonchev–Trinajstić information content (AvgIpc) is 3.82. The van der Waals surface area contributed by atoms with Crippen molar-refractivity contribution < 1.29 is 53.4 Å². The van der Waals surface area contributed by atoms with Crippen LogP contribution in [0.15, 0.2) is 43.0 Å². The Balaban J connectivity index is 1.95. The molecule has 2 aromatic heterocycles. The van der Waals surface area contributed by atoms with E-state index in [-0.39, 0.29) is 31.5 Å². The highest BCUT2D eigenvalue weighted by Gasteiger charge is 2.34. The number of imidazole rings is 1. The molecule has 0 aliphatic carbocycles. The van der Waals surface area contributed by atoms with Gasteiger partial charge < -0.3 is 69.7 Å². The molecule has 6 atom stereocenters. The summed E-state index contributed by atoms with van der Waals surface area (Å²) >= 11 is 0. The summed E-state index contributed by atoms with van der Waals surface area (Å²) in [5.41, 5.74) is 23.1. The second-order valence-corrected chi connectivity index (χ2v) is 13.3. The zero-order valence-electron chi connectivity index (χ0n) is 31.2. The molecule has 0 fully saturated rings. The smallest absolute Gasteiger partial charge is 0.326 e. The van der Waals surface area contributed by atoms with E-state index in [0.717, 1.165) is 0 Å². The molecule has 0 saturated carbocycles. The van der Waals surface area contributed by atoms with Gasteiger partial charge in [0, 0.05) is 36.1 Å². The SMILES string of the molecule is NCCCC[C@H](NC(=O)[C@H](Cc1c[nH]c2ccccc12)NC(=O)[C@H](CC(=O)O)NC(=O)[C@@H](N)CC(N)=O)C(=O)N[C@@H](Cc1c[nH]cn1)C(=O)N[C@@H](CC(N)=O)C(=O)O. The van der Waals surface area contributed by atoms with E-state index in [2.05, 4.69) is 41.5 Å². The summed E-state index contributed by atoms with van der Waals surface area (Å²) in [6.45, 7) is 0.224. The third-order valence-electron chi connectivity index (χ3n) is 8.70. The van der Waals surface area contributed by atoms with Crippen LogP contribution in [0.4, 0.5) is 0 Å².